The first-order chi connectivity index (χ1) is 9.19. The van der Waals surface area contributed by atoms with Gasteiger partial charge in [-0.2, -0.15) is 0 Å². The van der Waals surface area contributed by atoms with E-state index in [2.05, 4.69) is 6.58 Å². The van der Waals surface area contributed by atoms with Gasteiger partial charge in [0.2, 0.25) is 0 Å². The predicted octanol–water partition coefficient (Wildman–Crippen LogP) is 1.82. The van der Waals surface area contributed by atoms with Gasteiger partial charge < -0.3 is 18.9 Å². The molecule has 0 N–H and O–H groups in total. The van der Waals surface area contributed by atoms with E-state index in [-0.39, 0.29) is 13.2 Å². The van der Waals surface area contributed by atoms with Gasteiger partial charge in [-0.15, -0.1) is 0 Å². The Kier molecular flexibility index (Phi) is 6.46. The van der Waals surface area contributed by atoms with Crippen molar-refractivity contribution in [3.8, 4) is 11.5 Å². The van der Waals surface area contributed by atoms with Crippen molar-refractivity contribution in [2.75, 3.05) is 27.4 Å². The molecule has 104 valence electrons. The smallest absolute Gasteiger partial charge is 0.330 e. The number of carbonyl (C=O) groups excluding carboxylic acids is 1. The van der Waals surface area contributed by atoms with Crippen molar-refractivity contribution in [1.29, 1.82) is 0 Å². The molecule has 1 atom stereocenters. The zero-order valence-electron chi connectivity index (χ0n) is 11.1. The molecule has 19 heavy (non-hydrogen) atoms. The lowest BCUT2D eigenvalue weighted by Gasteiger charge is -2.17. The fourth-order valence-electron chi connectivity index (χ4n) is 1.38. The summed E-state index contributed by atoms with van der Waals surface area (Å²) in [5.41, 5.74) is 0. The number of ether oxygens (including phenoxy) is 4. The molecule has 0 radical (unpaired) electrons. The maximum absolute atomic E-state index is 11.1. The molecule has 0 aliphatic carbocycles. The summed E-state index contributed by atoms with van der Waals surface area (Å²) in [5, 5.41) is 0. The van der Waals surface area contributed by atoms with E-state index in [0.29, 0.717) is 5.75 Å². The van der Waals surface area contributed by atoms with Gasteiger partial charge in [-0.25, -0.2) is 4.79 Å². The van der Waals surface area contributed by atoms with Crippen molar-refractivity contribution >= 4 is 5.97 Å². The first-order valence-corrected chi connectivity index (χ1v) is 5.78. The second kappa shape index (κ2) is 8.16. The quantitative estimate of drug-likeness (QED) is 0.530. The van der Waals surface area contributed by atoms with Crippen LogP contribution in [-0.2, 0) is 14.3 Å². The molecule has 5 nitrogen and oxygen atoms in total. The van der Waals surface area contributed by atoms with E-state index in [1.165, 1.54) is 7.11 Å². The van der Waals surface area contributed by atoms with Crippen LogP contribution in [0.2, 0.25) is 0 Å². The Bertz CT molecular complexity index is 399. The molecule has 0 bridgehead atoms. The van der Waals surface area contributed by atoms with Crippen LogP contribution in [0.15, 0.2) is 36.9 Å². The SMILES string of the molecule is C=CC(=O)OC(COC)COc1ccc(OC)cc1. The second-order valence-electron chi connectivity index (χ2n) is 3.70. The van der Waals surface area contributed by atoms with Gasteiger partial charge in [0, 0.05) is 13.2 Å². The zero-order valence-corrected chi connectivity index (χ0v) is 11.1. The van der Waals surface area contributed by atoms with Gasteiger partial charge in [0.1, 0.15) is 18.1 Å². The lowest BCUT2D eigenvalue weighted by atomic mass is 10.3. The van der Waals surface area contributed by atoms with Crippen LogP contribution in [0.4, 0.5) is 0 Å². The summed E-state index contributed by atoms with van der Waals surface area (Å²) in [5.74, 6) is 0.913. The summed E-state index contributed by atoms with van der Waals surface area (Å²) in [6.07, 6.45) is 0.633. The van der Waals surface area contributed by atoms with E-state index in [1.807, 2.05) is 0 Å². The average Bonchev–Trinajstić information content (AvgIpc) is 2.45. The maximum Gasteiger partial charge on any atom is 0.330 e. The molecule has 0 saturated heterocycles. The van der Waals surface area contributed by atoms with Crippen LogP contribution >= 0.6 is 0 Å². The summed E-state index contributed by atoms with van der Waals surface area (Å²) in [6.45, 7) is 3.81. The number of esters is 1. The third-order valence-corrected chi connectivity index (χ3v) is 2.30. The molecule has 0 aliphatic rings. The highest BCUT2D eigenvalue weighted by Gasteiger charge is 2.13. The molecule has 1 rings (SSSR count). The van der Waals surface area contributed by atoms with E-state index in [9.17, 15) is 4.79 Å². The number of methoxy groups -OCH3 is 2. The van der Waals surface area contributed by atoms with Gasteiger partial charge in [0.25, 0.3) is 0 Å². The second-order valence-corrected chi connectivity index (χ2v) is 3.70. The van der Waals surface area contributed by atoms with Crippen molar-refractivity contribution in [3.63, 3.8) is 0 Å². The minimum Gasteiger partial charge on any atom is -0.497 e. The Balaban J connectivity index is 2.49. The summed E-state index contributed by atoms with van der Waals surface area (Å²) in [7, 11) is 3.13. The topological polar surface area (TPSA) is 54.0 Å². The number of rotatable bonds is 8. The van der Waals surface area contributed by atoms with Crippen LogP contribution in [0.3, 0.4) is 0 Å². The predicted molar refractivity (Wildman–Crippen MR) is 70.4 cm³/mol. The molecular formula is C14H18O5. The molecule has 0 saturated carbocycles. The molecule has 0 aromatic heterocycles. The highest BCUT2D eigenvalue weighted by atomic mass is 16.6. The summed E-state index contributed by atoms with van der Waals surface area (Å²) in [4.78, 5) is 11.1. The van der Waals surface area contributed by atoms with Crippen LogP contribution in [0.5, 0.6) is 11.5 Å². The van der Waals surface area contributed by atoms with Gasteiger partial charge in [0.15, 0.2) is 6.10 Å². The Hall–Kier alpha value is -2.01. The van der Waals surface area contributed by atoms with Crippen LogP contribution in [0, 0.1) is 0 Å². The van der Waals surface area contributed by atoms with E-state index >= 15 is 0 Å². The molecular weight excluding hydrogens is 248 g/mol. The lowest BCUT2D eigenvalue weighted by Crippen LogP contribution is -2.28. The van der Waals surface area contributed by atoms with Gasteiger partial charge in [-0.3, -0.25) is 0 Å². The molecule has 0 heterocycles. The molecule has 5 heteroatoms. The van der Waals surface area contributed by atoms with E-state index in [4.69, 9.17) is 18.9 Å². The maximum atomic E-state index is 11.1. The molecule has 1 aromatic rings. The Morgan fingerprint density at radius 2 is 1.84 bits per heavy atom. The minimum absolute atomic E-state index is 0.208. The number of hydrogen-bond acceptors (Lipinski definition) is 5. The van der Waals surface area contributed by atoms with Crippen molar-refractivity contribution in [2.24, 2.45) is 0 Å². The van der Waals surface area contributed by atoms with E-state index < -0.39 is 12.1 Å². The van der Waals surface area contributed by atoms with E-state index in [1.54, 1.807) is 31.4 Å². The van der Waals surface area contributed by atoms with Gasteiger partial charge >= 0.3 is 5.97 Å². The largest absolute Gasteiger partial charge is 0.497 e. The molecule has 1 aromatic carbocycles. The zero-order chi connectivity index (χ0) is 14.1. The highest BCUT2D eigenvalue weighted by Crippen LogP contribution is 2.17. The van der Waals surface area contributed by atoms with Crippen molar-refractivity contribution < 1.29 is 23.7 Å². The summed E-state index contributed by atoms with van der Waals surface area (Å²) >= 11 is 0. The summed E-state index contributed by atoms with van der Waals surface area (Å²) < 4.78 is 20.6. The fraction of sp³-hybridized carbons (Fsp3) is 0.357. The fourth-order valence-corrected chi connectivity index (χ4v) is 1.38. The van der Waals surface area contributed by atoms with Gasteiger partial charge in [0.05, 0.1) is 13.7 Å². The molecule has 0 spiro atoms. The molecule has 1 unspecified atom stereocenters. The average molecular weight is 266 g/mol. The monoisotopic (exact) mass is 266 g/mol. The molecule has 0 amide bonds. The standard InChI is InChI=1S/C14H18O5/c1-4-14(15)19-13(9-16-2)10-18-12-7-5-11(17-3)6-8-12/h4-8,13H,1,9-10H2,2-3H3. The third kappa shape index (κ3) is 5.44. The van der Waals surface area contributed by atoms with Crippen LogP contribution in [0.1, 0.15) is 0 Å². The van der Waals surface area contributed by atoms with E-state index in [0.717, 1.165) is 11.8 Å². The lowest BCUT2D eigenvalue weighted by molar-refractivity contribution is -0.147. The van der Waals surface area contributed by atoms with Gasteiger partial charge in [-0.1, -0.05) is 6.58 Å². The first-order valence-electron chi connectivity index (χ1n) is 5.78. The van der Waals surface area contributed by atoms with Crippen LogP contribution in [-0.4, -0.2) is 39.5 Å². The number of carbonyl (C=O) groups is 1. The van der Waals surface area contributed by atoms with Crippen LogP contribution < -0.4 is 9.47 Å². The Morgan fingerprint density at radius 1 is 1.21 bits per heavy atom. The molecule has 0 fully saturated rings. The normalized spacial score (nSPS) is 11.5. The van der Waals surface area contributed by atoms with Crippen molar-refractivity contribution in [1.82, 2.24) is 0 Å². The van der Waals surface area contributed by atoms with Crippen molar-refractivity contribution in [2.45, 2.75) is 6.10 Å². The Labute approximate surface area is 112 Å². The Morgan fingerprint density at radius 3 is 2.37 bits per heavy atom. The third-order valence-electron chi connectivity index (χ3n) is 2.30. The summed E-state index contributed by atoms with van der Waals surface area (Å²) in [6, 6.07) is 7.13. The van der Waals surface area contributed by atoms with Crippen LogP contribution in [0.25, 0.3) is 0 Å². The van der Waals surface area contributed by atoms with Crippen molar-refractivity contribution in [3.05, 3.63) is 36.9 Å². The highest BCUT2D eigenvalue weighted by molar-refractivity contribution is 5.81. The first kappa shape index (κ1) is 15.0. The van der Waals surface area contributed by atoms with Gasteiger partial charge in [-0.05, 0) is 24.3 Å². The number of benzene rings is 1. The minimum atomic E-state index is -0.500. The number of hydrogen-bond donors (Lipinski definition) is 0. The molecule has 0 aliphatic heterocycles.